The number of aromatic amines is 1. The van der Waals surface area contributed by atoms with Crippen LogP contribution in [0, 0.1) is 18.3 Å². The van der Waals surface area contributed by atoms with Crippen LogP contribution in [0.1, 0.15) is 44.1 Å². The number of aliphatic hydroxyl groups excluding tert-OH is 1. The summed E-state index contributed by atoms with van der Waals surface area (Å²) < 4.78 is 0. The molecule has 3 aromatic rings. The Balaban J connectivity index is 1.42. The lowest BCUT2D eigenvalue weighted by Crippen LogP contribution is -2.45. The number of hydrogen-bond acceptors (Lipinski definition) is 4. The fourth-order valence-electron chi connectivity index (χ4n) is 4.46. The molecule has 2 amide bonds. The maximum atomic E-state index is 12.6. The van der Waals surface area contributed by atoms with Crippen LogP contribution in [-0.4, -0.2) is 44.3 Å². The molecule has 2 aromatic heterocycles. The van der Waals surface area contributed by atoms with Gasteiger partial charge in [0.05, 0.1) is 29.7 Å². The van der Waals surface area contributed by atoms with Crippen LogP contribution in [0.15, 0.2) is 36.7 Å². The standard InChI is InChI=1S/C23H28ClN5O2/c1-14-4-5-18(13-25-14)27-22(31)29-8-6-16(7-9-29)23(2,3)21(30)19-11-17(24)10-15-12-26-28-20(15)19/h4-5,10-13,16,21,30H,6-9H2,1-3H3,(H,26,28)(H,27,31)/t21-/m1/s1. The van der Waals surface area contributed by atoms with E-state index in [0.29, 0.717) is 23.8 Å². The van der Waals surface area contributed by atoms with E-state index >= 15 is 0 Å². The Hall–Kier alpha value is -2.64. The van der Waals surface area contributed by atoms with Crippen LogP contribution in [0.4, 0.5) is 10.5 Å². The number of pyridine rings is 1. The van der Waals surface area contributed by atoms with Crippen molar-refractivity contribution in [2.45, 2.75) is 39.7 Å². The second-order valence-electron chi connectivity index (χ2n) is 8.93. The normalized spacial score (nSPS) is 16.5. The molecule has 1 saturated heterocycles. The zero-order valence-corrected chi connectivity index (χ0v) is 18.8. The molecule has 1 aliphatic rings. The number of aromatic nitrogens is 3. The Morgan fingerprint density at radius 1 is 1.29 bits per heavy atom. The number of carbonyl (C=O) groups is 1. The predicted octanol–water partition coefficient (Wildman–Crippen LogP) is 4.92. The van der Waals surface area contributed by atoms with Crippen molar-refractivity contribution in [1.29, 1.82) is 0 Å². The molecule has 7 nitrogen and oxygen atoms in total. The van der Waals surface area contributed by atoms with Crippen molar-refractivity contribution in [3.63, 3.8) is 0 Å². The highest BCUT2D eigenvalue weighted by molar-refractivity contribution is 6.31. The first-order valence-electron chi connectivity index (χ1n) is 10.5. The number of hydrogen-bond donors (Lipinski definition) is 3. The van der Waals surface area contributed by atoms with Gasteiger partial charge in [-0.3, -0.25) is 10.1 Å². The summed E-state index contributed by atoms with van der Waals surface area (Å²) in [6, 6.07) is 7.26. The molecule has 0 radical (unpaired) electrons. The number of benzene rings is 1. The average Bonchev–Trinajstić information content (AvgIpc) is 3.22. The van der Waals surface area contributed by atoms with Gasteiger partial charge in [-0.1, -0.05) is 25.4 Å². The first-order chi connectivity index (χ1) is 14.8. The van der Waals surface area contributed by atoms with Gasteiger partial charge in [0, 0.05) is 34.8 Å². The Kier molecular flexibility index (Phi) is 5.90. The van der Waals surface area contributed by atoms with Crippen LogP contribution >= 0.6 is 11.6 Å². The predicted molar refractivity (Wildman–Crippen MR) is 122 cm³/mol. The Morgan fingerprint density at radius 2 is 2.03 bits per heavy atom. The van der Waals surface area contributed by atoms with Crippen LogP contribution in [0.25, 0.3) is 10.9 Å². The third kappa shape index (κ3) is 4.38. The van der Waals surface area contributed by atoms with Crippen molar-refractivity contribution in [1.82, 2.24) is 20.1 Å². The van der Waals surface area contributed by atoms with E-state index in [2.05, 4.69) is 34.3 Å². The molecule has 0 spiro atoms. The van der Waals surface area contributed by atoms with E-state index in [-0.39, 0.29) is 11.9 Å². The molecule has 1 aromatic carbocycles. The molecule has 0 saturated carbocycles. The summed E-state index contributed by atoms with van der Waals surface area (Å²) in [5.74, 6) is 0.254. The number of carbonyl (C=O) groups excluding carboxylic acids is 1. The van der Waals surface area contributed by atoms with Crippen LogP contribution in [0.5, 0.6) is 0 Å². The summed E-state index contributed by atoms with van der Waals surface area (Å²) >= 11 is 6.28. The number of H-pyrrole nitrogens is 1. The molecule has 0 aliphatic carbocycles. The van der Waals surface area contributed by atoms with E-state index in [0.717, 1.165) is 35.0 Å². The summed E-state index contributed by atoms with van der Waals surface area (Å²) in [5, 5.41) is 22.8. The highest BCUT2D eigenvalue weighted by Gasteiger charge is 2.40. The molecule has 3 N–H and O–H groups in total. The van der Waals surface area contributed by atoms with Crippen molar-refractivity contribution < 1.29 is 9.90 Å². The third-order valence-corrected chi connectivity index (χ3v) is 6.76. The molecule has 31 heavy (non-hydrogen) atoms. The lowest BCUT2D eigenvalue weighted by molar-refractivity contribution is -0.0138. The highest BCUT2D eigenvalue weighted by atomic mass is 35.5. The minimum atomic E-state index is -0.710. The summed E-state index contributed by atoms with van der Waals surface area (Å²) in [5.41, 5.74) is 2.78. The molecule has 0 unspecified atom stereocenters. The number of aryl methyl sites for hydroxylation is 1. The van der Waals surface area contributed by atoms with Gasteiger partial charge in [0.15, 0.2) is 0 Å². The summed E-state index contributed by atoms with van der Waals surface area (Å²) in [6.45, 7) is 7.35. The number of likely N-dealkylation sites (tertiary alicyclic amines) is 1. The Bertz CT molecular complexity index is 1070. The van der Waals surface area contributed by atoms with Crippen molar-refractivity contribution in [3.05, 3.63) is 52.9 Å². The van der Waals surface area contributed by atoms with Crippen LogP contribution in [0.2, 0.25) is 5.02 Å². The Morgan fingerprint density at radius 3 is 2.71 bits per heavy atom. The van der Waals surface area contributed by atoms with Crippen molar-refractivity contribution >= 4 is 34.2 Å². The van der Waals surface area contributed by atoms with Crippen LogP contribution in [-0.2, 0) is 0 Å². The van der Waals surface area contributed by atoms with Gasteiger partial charge in [0.25, 0.3) is 0 Å². The number of aliphatic hydroxyl groups is 1. The van der Waals surface area contributed by atoms with E-state index < -0.39 is 11.5 Å². The zero-order valence-electron chi connectivity index (χ0n) is 18.0. The number of amides is 2. The van der Waals surface area contributed by atoms with Crippen molar-refractivity contribution in [3.8, 4) is 0 Å². The van der Waals surface area contributed by atoms with Gasteiger partial charge in [-0.15, -0.1) is 0 Å². The van der Waals surface area contributed by atoms with Gasteiger partial charge < -0.3 is 15.3 Å². The highest BCUT2D eigenvalue weighted by Crippen LogP contribution is 2.46. The largest absolute Gasteiger partial charge is 0.388 e. The average molecular weight is 442 g/mol. The second kappa shape index (κ2) is 8.48. The maximum Gasteiger partial charge on any atom is 0.321 e. The molecule has 4 rings (SSSR count). The molecule has 164 valence electrons. The number of piperidine rings is 1. The molecule has 1 atom stereocenters. The Labute approximate surface area is 186 Å². The van der Waals surface area contributed by atoms with Crippen LogP contribution in [0.3, 0.4) is 0 Å². The molecule has 1 fully saturated rings. The zero-order chi connectivity index (χ0) is 22.2. The minimum absolute atomic E-state index is 0.114. The number of urea groups is 1. The second-order valence-corrected chi connectivity index (χ2v) is 9.37. The number of nitrogens with zero attached hydrogens (tertiary/aromatic N) is 3. The molecular weight excluding hydrogens is 414 g/mol. The number of fused-ring (bicyclic) bond motifs is 1. The lowest BCUT2D eigenvalue weighted by atomic mass is 9.68. The maximum absolute atomic E-state index is 12.6. The SMILES string of the molecule is Cc1ccc(NC(=O)N2CCC(C(C)(C)[C@H](O)c3cc(Cl)cc4cn[nH]c34)CC2)cn1. The number of anilines is 1. The first-order valence-corrected chi connectivity index (χ1v) is 10.9. The summed E-state index contributed by atoms with van der Waals surface area (Å²) in [4.78, 5) is 18.7. The van der Waals surface area contributed by atoms with Gasteiger partial charge in [0.1, 0.15) is 0 Å². The fourth-order valence-corrected chi connectivity index (χ4v) is 4.69. The molecule has 8 heteroatoms. The van der Waals surface area contributed by atoms with Crippen molar-refractivity contribution in [2.24, 2.45) is 11.3 Å². The molecule has 0 bridgehead atoms. The van der Waals surface area contributed by atoms with Gasteiger partial charge >= 0.3 is 6.03 Å². The lowest BCUT2D eigenvalue weighted by Gasteiger charge is -2.43. The monoisotopic (exact) mass is 441 g/mol. The van der Waals surface area contributed by atoms with E-state index in [4.69, 9.17) is 11.6 Å². The van der Waals surface area contributed by atoms with Gasteiger partial charge in [0.2, 0.25) is 0 Å². The van der Waals surface area contributed by atoms with E-state index in [9.17, 15) is 9.90 Å². The molecule has 1 aliphatic heterocycles. The van der Waals surface area contributed by atoms with Crippen molar-refractivity contribution in [2.75, 3.05) is 18.4 Å². The smallest absolute Gasteiger partial charge is 0.321 e. The number of nitrogens with one attached hydrogen (secondary N) is 2. The molecular formula is C23H28ClN5O2. The quantitative estimate of drug-likeness (QED) is 0.535. The van der Waals surface area contributed by atoms with E-state index in [1.165, 1.54) is 0 Å². The van der Waals surface area contributed by atoms with Gasteiger partial charge in [-0.25, -0.2) is 4.79 Å². The fraction of sp³-hybridized carbons (Fsp3) is 0.435. The number of rotatable bonds is 4. The number of halogens is 1. The van der Waals surface area contributed by atoms with Gasteiger partial charge in [-0.05, 0) is 55.4 Å². The topological polar surface area (TPSA) is 94.1 Å². The van der Waals surface area contributed by atoms with E-state index in [1.807, 2.05) is 36.1 Å². The van der Waals surface area contributed by atoms with Crippen LogP contribution < -0.4 is 5.32 Å². The summed E-state index contributed by atoms with van der Waals surface area (Å²) in [7, 11) is 0. The van der Waals surface area contributed by atoms with Gasteiger partial charge in [-0.2, -0.15) is 5.10 Å². The van der Waals surface area contributed by atoms with E-state index in [1.54, 1.807) is 12.4 Å². The first kappa shape index (κ1) is 21.6. The summed E-state index contributed by atoms with van der Waals surface area (Å²) in [6.07, 6.45) is 4.30. The minimum Gasteiger partial charge on any atom is -0.388 e. The molecule has 3 heterocycles. The third-order valence-electron chi connectivity index (χ3n) is 6.54.